The standard InChI is InChI=1S/C12H17N3S/c1-8(2)6-9(3)15-11-10-4-5-16-12(10)14-7-13-11/h4-5,7-9H,6H2,1-3H3,(H,13,14,15). The molecule has 1 atom stereocenters. The van der Waals surface area contributed by atoms with Crippen molar-refractivity contribution in [2.45, 2.75) is 33.2 Å². The molecular weight excluding hydrogens is 218 g/mol. The minimum atomic E-state index is 0.443. The number of aromatic nitrogens is 2. The third-order valence-electron chi connectivity index (χ3n) is 2.47. The summed E-state index contributed by atoms with van der Waals surface area (Å²) in [5.41, 5.74) is 0. The summed E-state index contributed by atoms with van der Waals surface area (Å²) in [6, 6.07) is 2.52. The molecule has 0 saturated heterocycles. The first-order chi connectivity index (χ1) is 7.66. The number of nitrogens with one attached hydrogen (secondary N) is 1. The topological polar surface area (TPSA) is 37.8 Å². The van der Waals surface area contributed by atoms with Gasteiger partial charge in [0, 0.05) is 6.04 Å². The second kappa shape index (κ2) is 4.78. The normalized spacial score (nSPS) is 13.2. The molecule has 0 spiro atoms. The van der Waals surface area contributed by atoms with Crippen LogP contribution in [-0.4, -0.2) is 16.0 Å². The quantitative estimate of drug-likeness (QED) is 0.880. The highest BCUT2D eigenvalue weighted by Gasteiger charge is 2.09. The largest absolute Gasteiger partial charge is 0.367 e. The van der Waals surface area contributed by atoms with E-state index < -0.39 is 0 Å². The van der Waals surface area contributed by atoms with E-state index in [9.17, 15) is 0 Å². The molecule has 4 heteroatoms. The number of hydrogen-bond acceptors (Lipinski definition) is 4. The molecule has 0 aliphatic carbocycles. The molecule has 86 valence electrons. The van der Waals surface area contributed by atoms with E-state index >= 15 is 0 Å². The summed E-state index contributed by atoms with van der Waals surface area (Å²) in [6.45, 7) is 6.66. The van der Waals surface area contributed by atoms with Gasteiger partial charge in [0.1, 0.15) is 17.0 Å². The second-order valence-electron chi connectivity index (χ2n) is 4.54. The van der Waals surface area contributed by atoms with Gasteiger partial charge in [0.25, 0.3) is 0 Å². The zero-order valence-electron chi connectivity index (χ0n) is 9.90. The zero-order chi connectivity index (χ0) is 11.5. The van der Waals surface area contributed by atoms with Crippen molar-refractivity contribution >= 4 is 27.4 Å². The van der Waals surface area contributed by atoms with E-state index in [0.29, 0.717) is 12.0 Å². The van der Waals surface area contributed by atoms with Crippen LogP contribution in [0.5, 0.6) is 0 Å². The molecule has 2 rings (SSSR count). The highest BCUT2D eigenvalue weighted by atomic mass is 32.1. The molecular formula is C12H17N3S. The smallest absolute Gasteiger partial charge is 0.138 e. The minimum Gasteiger partial charge on any atom is -0.367 e. The number of rotatable bonds is 4. The Morgan fingerprint density at radius 3 is 2.88 bits per heavy atom. The SMILES string of the molecule is CC(C)CC(C)Nc1ncnc2sccc12. The van der Waals surface area contributed by atoms with Gasteiger partial charge in [0.2, 0.25) is 0 Å². The molecule has 0 fully saturated rings. The molecule has 1 unspecified atom stereocenters. The van der Waals surface area contributed by atoms with Crippen LogP contribution in [0.2, 0.25) is 0 Å². The lowest BCUT2D eigenvalue weighted by Crippen LogP contribution is -2.18. The van der Waals surface area contributed by atoms with E-state index in [0.717, 1.165) is 22.5 Å². The van der Waals surface area contributed by atoms with Crippen LogP contribution in [0.1, 0.15) is 27.2 Å². The van der Waals surface area contributed by atoms with Gasteiger partial charge in [0.05, 0.1) is 5.39 Å². The summed E-state index contributed by atoms with van der Waals surface area (Å²) in [7, 11) is 0. The van der Waals surface area contributed by atoms with Crippen molar-refractivity contribution in [3.05, 3.63) is 17.8 Å². The Balaban J connectivity index is 2.17. The highest BCUT2D eigenvalue weighted by Crippen LogP contribution is 2.24. The van der Waals surface area contributed by atoms with Gasteiger partial charge < -0.3 is 5.32 Å². The van der Waals surface area contributed by atoms with Crippen LogP contribution >= 0.6 is 11.3 Å². The van der Waals surface area contributed by atoms with E-state index in [2.05, 4.69) is 47.5 Å². The van der Waals surface area contributed by atoms with E-state index in [1.165, 1.54) is 0 Å². The van der Waals surface area contributed by atoms with Crippen molar-refractivity contribution in [3.8, 4) is 0 Å². The summed E-state index contributed by atoms with van der Waals surface area (Å²) in [5, 5.41) is 6.64. The number of anilines is 1. The van der Waals surface area contributed by atoms with Crippen LogP contribution in [0.15, 0.2) is 17.8 Å². The molecule has 0 aliphatic heterocycles. The van der Waals surface area contributed by atoms with Gasteiger partial charge >= 0.3 is 0 Å². The minimum absolute atomic E-state index is 0.443. The first-order valence-electron chi connectivity index (χ1n) is 5.61. The molecule has 2 aromatic rings. The van der Waals surface area contributed by atoms with E-state index in [4.69, 9.17) is 0 Å². The van der Waals surface area contributed by atoms with Gasteiger partial charge in [0.15, 0.2) is 0 Å². The Kier molecular flexibility index (Phi) is 3.39. The molecule has 0 amide bonds. The molecule has 0 aliphatic rings. The molecule has 1 N–H and O–H groups in total. The molecule has 2 heterocycles. The summed E-state index contributed by atoms with van der Waals surface area (Å²) in [5.74, 6) is 1.65. The van der Waals surface area contributed by atoms with Crippen molar-refractivity contribution in [2.75, 3.05) is 5.32 Å². The molecule has 0 bridgehead atoms. The van der Waals surface area contributed by atoms with Crippen molar-refractivity contribution in [1.29, 1.82) is 0 Å². The van der Waals surface area contributed by atoms with Crippen molar-refractivity contribution in [2.24, 2.45) is 5.92 Å². The maximum Gasteiger partial charge on any atom is 0.138 e. The van der Waals surface area contributed by atoms with Gasteiger partial charge in [-0.2, -0.15) is 0 Å². The van der Waals surface area contributed by atoms with Crippen molar-refractivity contribution < 1.29 is 0 Å². The van der Waals surface area contributed by atoms with Crippen molar-refractivity contribution in [3.63, 3.8) is 0 Å². The first kappa shape index (κ1) is 11.3. The van der Waals surface area contributed by atoms with Crippen LogP contribution in [0.25, 0.3) is 10.2 Å². The fraction of sp³-hybridized carbons (Fsp3) is 0.500. The van der Waals surface area contributed by atoms with E-state index in [-0.39, 0.29) is 0 Å². The number of thiophene rings is 1. The summed E-state index contributed by atoms with van der Waals surface area (Å²) in [6.07, 6.45) is 2.78. The maximum absolute atomic E-state index is 4.31. The Morgan fingerprint density at radius 2 is 2.12 bits per heavy atom. The van der Waals surface area contributed by atoms with Crippen LogP contribution in [0.4, 0.5) is 5.82 Å². The Bertz CT molecular complexity index is 464. The number of hydrogen-bond donors (Lipinski definition) is 1. The third kappa shape index (κ3) is 2.50. The number of fused-ring (bicyclic) bond motifs is 1. The van der Waals surface area contributed by atoms with Gasteiger partial charge in [-0.15, -0.1) is 11.3 Å². The maximum atomic E-state index is 4.31. The Morgan fingerprint density at radius 1 is 1.31 bits per heavy atom. The average molecular weight is 235 g/mol. The van der Waals surface area contributed by atoms with Gasteiger partial charge in [-0.3, -0.25) is 0 Å². The molecule has 0 aromatic carbocycles. The van der Waals surface area contributed by atoms with Crippen molar-refractivity contribution in [1.82, 2.24) is 9.97 Å². The summed E-state index contributed by atoms with van der Waals surface area (Å²) >= 11 is 1.65. The lowest BCUT2D eigenvalue weighted by atomic mass is 10.1. The van der Waals surface area contributed by atoms with Gasteiger partial charge in [-0.05, 0) is 30.7 Å². The van der Waals surface area contributed by atoms with Gasteiger partial charge in [-0.25, -0.2) is 9.97 Å². The predicted molar refractivity (Wildman–Crippen MR) is 70.0 cm³/mol. The third-order valence-corrected chi connectivity index (χ3v) is 3.29. The highest BCUT2D eigenvalue weighted by molar-refractivity contribution is 7.16. The van der Waals surface area contributed by atoms with Crippen LogP contribution in [-0.2, 0) is 0 Å². The van der Waals surface area contributed by atoms with Crippen LogP contribution < -0.4 is 5.32 Å². The van der Waals surface area contributed by atoms with Crippen LogP contribution in [0, 0.1) is 5.92 Å². The molecule has 16 heavy (non-hydrogen) atoms. The molecule has 2 aromatic heterocycles. The Labute approximate surface area is 99.9 Å². The molecule has 3 nitrogen and oxygen atoms in total. The number of nitrogens with zero attached hydrogens (tertiary/aromatic N) is 2. The fourth-order valence-corrected chi connectivity index (χ4v) is 2.64. The summed E-state index contributed by atoms with van der Waals surface area (Å²) < 4.78 is 0. The second-order valence-corrected chi connectivity index (χ2v) is 5.43. The lowest BCUT2D eigenvalue weighted by molar-refractivity contribution is 0.539. The average Bonchev–Trinajstić information content (AvgIpc) is 2.65. The first-order valence-corrected chi connectivity index (χ1v) is 6.49. The van der Waals surface area contributed by atoms with Crippen LogP contribution in [0.3, 0.4) is 0 Å². The monoisotopic (exact) mass is 235 g/mol. The molecule has 0 radical (unpaired) electrons. The fourth-order valence-electron chi connectivity index (χ4n) is 1.90. The lowest BCUT2D eigenvalue weighted by Gasteiger charge is -2.16. The van der Waals surface area contributed by atoms with E-state index in [1.807, 2.05) is 0 Å². The Hall–Kier alpha value is -1.16. The molecule has 0 saturated carbocycles. The zero-order valence-corrected chi connectivity index (χ0v) is 10.7. The predicted octanol–water partition coefficient (Wildman–Crippen LogP) is 3.54. The van der Waals surface area contributed by atoms with E-state index in [1.54, 1.807) is 17.7 Å². The van der Waals surface area contributed by atoms with Gasteiger partial charge in [-0.1, -0.05) is 13.8 Å². The summed E-state index contributed by atoms with van der Waals surface area (Å²) in [4.78, 5) is 9.60.